The van der Waals surface area contributed by atoms with Crippen molar-refractivity contribution >= 4 is 34.6 Å². The van der Waals surface area contributed by atoms with Crippen LogP contribution in [0, 0.1) is 10.1 Å². The summed E-state index contributed by atoms with van der Waals surface area (Å²) in [6.07, 6.45) is 5.16. The van der Waals surface area contributed by atoms with E-state index in [0.29, 0.717) is 16.0 Å². The fourth-order valence-electron chi connectivity index (χ4n) is 3.07. The van der Waals surface area contributed by atoms with Crippen LogP contribution in [0.5, 0.6) is 0 Å². The Balaban J connectivity index is 1.83. The number of benzene rings is 1. The molecule has 0 N–H and O–H groups in total. The second-order valence-electron chi connectivity index (χ2n) is 6.59. The molecular weight excluding hydrogens is 338 g/mol. The third-order valence-electron chi connectivity index (χ3n) is 4.41. The molecule has 25 heavy (non-hydrogen) atoms. The van der Waals surface area contributed by atoms with E-state index in [9.17, 15) is 14.9 Å². The Morgan fingerprint density at radius 2 is 2.00 bits per heavy atom. The molecule has 1 fully saturated rings. The lowest BCUT2D eigenvalue weighted by Gasteiger charge is -2.27. The van der Waals surface area contributed by atoms with E-state index in [1.807, 2.05) is 19.9 Å². The number of carbonyl (C=O) groups excluding carboxylic acids is 1. The first-order valence-corrected chi connectivity index (χ1v) is 9.33. The predicted octanol–water partition coefficient (Wildman–Crippen LogP) is 4.17. The van der Waals surface area contributed by atoms with Crippen LogP contribution in [-0.2, 0) is 4.79 Å². The van der Waals surface area contributed by atoms with Gasteiger partial charge in [0.1, 0.15) is 0 Å². The molecule has 7 heteroatoms. The van der Waals surface area contributed by atoms with Crippen LogP contribution in [0.1, 0.15) is 50.2 Å². The van der Waals surface area contributed by atoms with Crippen molar-refractivity contribution in [2.75, 3.05) is 13.1 Å². The summed E-state index contributed by atoms with van der Waals surface area (Å²) in [6, 6.07) is 5.13. The van der Waals surface area contributed by atoms with Crippen LogP contribution in [0.2, 0.25) is 0 Å². The standard InChI is InChI=1S/C18H21N3O3S/c1-12(2)14-7-6-13(10-15(14)21(23)24)11-16-17(22)19-18(25-16)20-8-4-3-5-9-20/h6-7,10-12H,3-5,8-9H2,1-2H3. The first-order chi connectivity index (χ1) is 12.0. The van der Waals surface area contributed by atoms with Gasteiger partial charge in [-0.25, -0.2) is 0 Å². The third-order valence-corrected chi connectivity index (χ3v) is 5.45. The molecule has 1 saturated heterocycles. The van der Waals surface area contributed by atoms with Crippen LogP contribution in [0.3, 0.4) is 0 Å². The monoisotopic (exact) mass is 359 g/mol. The zero-order chi connectivity index (χ0) is 18.0. The molecule has 2 aliphatic heterocycles. The Kier molecular flexibility index (Phi) is 5.22. The smallest absolute Gasteiger partial charge is 0.286 e. The van der Waals surface area contributed by atoms with Gasteiger partial charge in [0.2, 0.25) is 0 Å². The summed E-state index contributed by atoms with van der Waals surface area (Å²) in [7, 11) is 0. The number of carbonyl (C=O) groups is 1. The number of thioether (sulfide) groups is 1. The molecule has 0 aliphatic carbocycles. The molecule has 0 radical (unpaired) electrons. The lowest BCUT2D eigenvalue weighted by atomic mass is 9.99. The lowest BCUT2D eigenvalue weighted by Crippen LogP contribution is -2.33. The highest BCUT2D eigenvalue weighted by atomic mass is 32.2. The van der Waals surface area contributed by atoms with Crippen LogP contribution < -0.4 is 0 Å². The van der Waals surface area contributed by atoms with Gasteiger partial charge in [-0.1, -0.05) is 26.0 Å². The number of piperidine rings is 1. The molecule has 2 heterocycles. The van der Waals surface area contributed by atoms with Crippen LogP contribution >= 0.6 is 11.8 Å². The van der Waals surface area contributed by atoms with E-state index in [-0.39, 0.29) is 22.4 Å². The molecule has 132 valence electrons. The zero-order valence-corrected chi connectivity index (χ0v) is 15.2. The molecule has 2 aliphatic rings. The highest BCUT2D eigenvalue weighted by Gasteiger charge is 2.27. The summed E-state index contributed by atoms with van der Waals surface area (Å²) < 4.78 is 0. The summed E-state index contributed by atoms with van der Waals surface area (Å²) in [5, 5.41) is 12.1. The molecule has 3 rings (SSSR count). The van der Waals surface area contributed by atoms with Crippen molar-refractivity contribution in [2.45, 2.75) is 39.0 Å². The van der Waals surface area contributed by atoms with Crippen molar-refractivity contribution in [3.63, 3.8) is 0 Å². The van der Waals surface area contributed by atoms with Gasteiger partial charge >= 0.3 is 0 Å². The molecule has 0 unspecified atom stereocenters. The molecule has 1 aromatic rings. The number of nitro groups is 1. The first-order valence-electron chi connectivity index (χ1n) is 8.51. The molecular formula is C18H21N3O3S. The summed E-state index contributed by atoms with van der Waals surface area (Å²) >= 11 is 1.36. The van der Waals surface area contributed by atoms with Crippen molar-refractivity contribution < 1.29 is 9.72 Å². The van der Waals surface area contributed by atoms with Crippen LogP contribution in [0.25, 0.3) is 6.08 Å². The van der Waals surface area contributed by atoms with Gasteiger partial charge in [0, 0.05) is 24.7 Å². The average molecular weight is 359 g/mol. The summed E-state index contributed by atoms with van der Waals surface area (Å²) in [4.78, 5) is 30.0. The Morgan fingerprint density at radius 3 is 2.64 bits per heavy atom. The maximum absolute atomic E-state index is 12.2. The van der Waals surface area contributed by atoms with Crippen molar-refractivity contribution in [1.29, 1.82) is 0 Å². The Bertz CT molecular complexity index is 765. The maximum atomic E-state index is 12.2. The molecule has 6 nitrogen and oxygen atoms in total. The van der Waals surface area contributed by atoms with Gasteiger partial charge in [0.25, 0.3) is 11.6 Å². The van der Waals surface area contributed by atoms with Crippen molar-refractivity contribution in [2.24, 2.45) is 4.99 Å². The molecule has 1 amide bonds. The van der Waals surface area contributed by atoms with Gasteiger partial charge in [0.15, 0.2) is 5.17 Å². The van der Waals surface area contributed by atoms with Crippen molar-refractivity contribution in [1.82, 2.24) is 4.90 Å². The van der Waals surface area contributed by atoms with Gasteiger partial charge in [-0.15, -0.1) is 0 Å². The predicted molar refractivity (Wildman–Crippen MR) is 101 cm³/mol. The van der Waals surface area contributed by atoms with Crippen molar-refractivity contribution in [3.05, 3.63) is 44.3 Å². The zero-order valence-electron chi connectivity index (χ0n) is 14.4. The fourth-order valence-corrected chi connectivity index (χ4v) is 4.03. The first kappa shape index (κ1) is 17.7. The highest BCUT2D eigenvalue weighted by molar-refractivity contribution is 8.18. The van der Waals surface area contributed by atoms with Gasteiger partial charge in [-0.2, -0.15) is 4.99 Å². The summed E-state index contributed by atoms with van der Waals surface area (Å²) in [6.45, 7) is 5.72. The molecule has 1 aromatic carbocycles. The Hall–Kier alpha value is -2.15. The van der Waals surface area contributed by atoms with Crippen LogP contribution in [-0.4, -0.2) is 34.0 Å². The number of likely N-dealkylation sites (tertiary alicyclic amines) is 1. The minimum Gasteiger partial charge on any atom is -0.351 e. The van der Waals surface area contributed by atoms with E-state index in [0.717, 1.165) is 31.1 Å². The van der Waals surface area contributed by atoms with E-state index < -0.39 is 0 Å². The number of amides is 1. The molecule has 0 bridgehead atoms. The number of hydrogen-bond donors (Lipinski definition) is 0. The average Bonchev–Trinajstić information content (AvgIpc) is 2.96. The van der Waals surface area contributed by atoms with E-state index >= 15 is 0 Å². The van der Waals surface area contributed by atoms with Gasteiger partial charge in [-0.05, 0) is 48.6 Å². The third kappa shape index (κ3) is 3.92. The molecule has 0 spiro atoms. The number of nitro benzene ring substituents is 1. The quantitative estimate of drug-likeness (QED) is 0.460. The van der Waals surface area contributed by atoms with E-state index in [4.69, 9.17) is 0 Å². The Morgan fingerprint density at radius 1 is 1.28 bits per heavy atom. The number of rotatable bonds is 3. The number of aliphatic imine (C=N–C) groups is 1. The second kappa shape index (κ2) is 7.39. The fraction of sp³-hybridized carbons (Fsp3) is 0.444. The minimum atomic E-state index is -0.364. The van der Waals surface area contributed by atoms with Crippen LogP contribution in [0.15, 0.2) is 28.1 Å². The highest BCUT2D eigenvalue weighted by Crippen LogP contribution is 2.33. The van der Waals surface area contributed by atoms with E-state index in [1.165, 1.54) is 24.2 Å². The number of nitrogens with zero attached hydrogens (tertiary/aromatic N) is 3. The van der Waals surface area contributed by atoms with Gasteiger partial charge in [-0.3, -0.25) is 14.9 Å². The van der Waals surface area contributed by atoms with Crippen molar-refractivity contribution in [3.8, 4) is 0 Å². The normalized spacial score (nSPS) is 19.6. The molecule has 0 atom stereocenters. The lowest BCUT2D eigenvalue weighted by molar-refractivity contribution is -0.385. The summed E-state index contributed by atoms with van der Waals surface area (Å²) in [5.41, 5.74) is 1.45. The molecule has 0 saturated carbocycles. The van der Waals surface area contributed by atoms with Gasteiger partial charge in [0.05, 0.1) is 9.83 Å². The number of amidine groups is 1. The maximum Gasteiger partial charge on any atom is 0.286 e. The van der Waals surface area contributed by atoms with E-state index in [1.54, 1.807) is 12.1 Å². The molecule has 0 aromatic heterocycles. The van der Waals surface area contributed by atoms with Crippen LogP contribution in [0.4, 0.5) is 5.69 Å². The van der Waals surface area contributed by atoms with Gasteiger partial charge < -0.3 is 4.90 Å². The minimum absolute atomic E-state index is 0.0682. The Labute approximate surface area is 151 Å². The largest absolute Gasteiger partial charge is 0.351 e. The van der Waals surface area contributed by atoms with E-state index in [2.05, 4.69) is 9.89 Å². The SMILES string of the molecule is CC(C)c1ccc(C=C2SC(N3CCCCC3)=NC2=O)cc1[N+](=O)[O-]. The summed E-state index contributed by atoms with van der Waals surface area (Å²) in [5.74, 6) is -0.195. The second-order valence-corrected chi connectivity index (χ2v) is 7.60. The topological polar surface area (TPSA) is 75.8 Å². The number of hydrogen-bond acceptors (Lipinski definition) is 5.